The number of halogens is 4. The quantitative estimate of drug-likeness (QED) is 0.846. The maximum atomic E-state index is 12.3. The number of hydrogen-bond donors (Lipinski definition) is 1. The molecule has 1 nitrogen and oxygen atoms in total. The minimum atomic E-state index is -4.21. The number of hydrogen-bond acceptors (Lipinski definition) is 1. The van der Waals surface area contributed by atoms with Crippen molar-refractivity contribution in [1.82, 2.24) is 0 Å². The van der Waals surface area contributed by atoms with Crippen LogP contribution in [-0.2, 0) is 18.2 Å². The maximum Gasteiger partial charge on any atom is 0.393 e. The summed E-state index contributed by atoms with van der Waals surface area (Å²) >= 11 is 3.24. The zero-order valence-electron chi connectivity index (χ0n) is 8.52. The van der Waals surface area contributed by atoms with E-state index in [4.69, 9.17) is 5.11 Å². The maximum absolute atomic E-state index is 12.3. The highest BCUT2D eigenvalue weighted by molar-refractivity contribution is 9.08. The highest BCUT2D eigenvalue weighted by atomic mass is 79.9. The van der Waals surface area contributed by atoms with Gasteiger partial charge in [0.1, 0.15) is 0 Å². The molecule has 0 amide bonds. The van der Waals surface area contributed by atoms with E-state index in [-0.39, 0.29) is 18.6 Å². The zero-order chi connectivity index (χ0) is 12.2. The van der Waals surface area contributed by atoms with Crippen molar-refractivity contribution in [2.24, 2.45) is 0 Å². The lowest BCUT2D eigenvalue weighted by molar-refractivity contribution is -0.127. The van der Waals surface area contributed by atoms with Gasteiger partial charge in [0.05, 0.1) is 6.42 Å². The van der Waals surface area contributed by atoms with Gasteiger partial charge in [0, 0.05) is 11.9 Å². The predicted octanol–water partition coefficient (Wildman–Crippen LogP) is 3.22. The molecular formula is C11H12BrF3O. The fraction of sp³-hybridized carbons (Fsp3) is 0.455. The summed E-state index contributed by atoms with van der Waals surface area (Å²) in [6, 6.07) is 4.85. The molecule has 1 N–H and O–H groups in total. The molecule has 0 spiro atoms. The first-order valence-electron chi connectivity index (χ1n) is 4.80. The van der Waals surface area contributed by atoms with Gasteiger partial charge in [0.2, 0.25) is 0 Å². The van der Waals surface area contributed by atoms with Gasteiger partial charge >= 0.3 is 6.18 Å². The molecule has 0 atom stereocenters. The first-order valence-corrected chi connectivity index (χ1v) is 5.92. The van der Waals surface area contributed by atoms with Crippen molar-refractivity contribution in [2.45, 2.75) is 24.3 Å². The Balaban J connectivity index is 2.98. The van der Waals surface area contributed by atoms with Gasteiger partial charge in [0.25, 0.3) is 0 Å². The van der Waals surface area contributed by atoms with Crippen molar-refractivity contribution in [1.29, 1.82) is 0 Å². The molecular weight excluding hydrogens is 285 g/mol. The van der Waals surface area contributed by atoms with E-state index in [1.54, 1.807) is 12.1 Å². The van der Waals surface area contributed by atoms with Crippen LogP contribution in [0.2, 0.25) is 0 Å². The molecule has 0 fully saturated rings. The molecule has 0 aliphatic carbocycles. The van der Waals surface area contributed by atoms with E-state index in [2.05, 4.69) is 15.9 Å². The largest absolute Gasteiger partial charge is 0.396 e. The standard InChI is InChI=1S/C11H12BrF3O/c12-7-8-1-2-10(6-11(13,14)15)9(5-8)3-4-16/h1-2,5,16H,3-4,6-7H2. The van der Waals surface area contributed by atoms with Gasteiger partial charge in [-0.25, -0.2) is 0 Å². The second-order valence-electron chi connectivity index (χ2n) is 3.50. The van der Waals surface area contributed by atoms with Gasteiger partial charge < -0.3 is 5.11 Å². The molecule has 0 saturated carbocycles. The Morgan fingerprint density at radius 1 is 1.19 bits per heavy atom. The van der Waals surface area contributed by atoms with E-state index in [9.17, 15) is 13.2 Å². The molecule has 0 saturated heterocycles. The van der Waals surface area contributed by atoms with Crippen LogP contribution >= 0.6 is 15.9 Å². The fourth-order valence-corrected chi connectivity index (χ4v) is 1.85. The highest BCUT2D eigenvalue weighted by Gasteiger charge is 2.28. The van der Waals surface area contributed by atoms with E-state index < -0.39 is 12.6 Å². The molecule has 0 heterocycles. The zero-order valence-corrected chi connectivity index (χ0v) is 10.1. The molecule has 0 unspecified atom stereocenters. The summed E-state index contributed by atoms with van der Waals surface area (Å²) in [6.45, 7) is -0.142. The van der Waals surface area contributed by atoms with Gasteiger partial charge in [-0.15, -0.1) is 0 Å². The molecule has 0 bridgehead atoms. The third-order valence-electron chi connectivity index (χ3n) is 2.20. The molecule has 1 aromatic carbocycles. The second kappa shape index (κ2) is 5.68. The van der Waals surface area contributed by atoms with Gasteiger partial charge in [-0.2, -0.15) is 13.2 Å². The van der Waals surface area contributed by atoms with Crippen molar-refractivity contribution in [3.63, 3.8) is 0 Å². The lowest BCUT2D eigenvalue weighted by atomic mass is 9.99. The summed E-state index contributed by atoms with van der Waals surface area (Å²) in [5.74, 6) is 0. The number of rotatable bonds is 4. The van der Waals surface area contributed by atoms with Crippen LogP contribution in [0.15, 0.2) is 18.2 Å². The molecule has 0 radical (unpaired) electrons. The molecule has 16 heavy (non-hydrogen) atoms. The average molecular weight is 297 g/mol. The average Bonchev–Trinajstić information content (AvgIpc) is 2.19. The highest BCUT2D eigenvalue weighted by Crippen LogP contribution is 2.25. The summed E-state index contributed by atoms with van der Waals surface area (Å²) in [6.07, 6.45) is -4.89. The summed E-state index contributed by atoms with van der Waals surface area (Å²) in [5, 5.41) is 9.41. The van der Waals surface area contributed by atoms with Crippen molar-refractivity contribution in [3.8, 4) is 0 Å². The van der Waals surface area contributed by atoms with Crippen molar-refractivity contribution in [3.05, 3.63) is 34.9 Å². The Kier molecular flexibility index (Phi) is 4.80. The second-order valence-corrected chi connectivity index (χ2v) is 4.06. The summed E-state index contributed by atoms with van der Waals surface area (Å²) in [4.78, 5) is 0. The third-order valence-corrected chi connectivity index (χ3v) is 2.84. The van der Waals surface area contributed by atoms with Crippen LogP contribution in [-0.4, -0.2) is 17.9 Å². The van der Waals surface area contributed by atoms with Crippen LogP contribution < -0.4 is 0 Å². The summed E-state index contributed by atoms with van der Waals surface area (Å²) in [7, 11) is 0. The first-order chi connectivity index (χ1) is 7.46. The lowest BCUT2D eigenvalue weighted by Crippen LogP contribution is -2.13. The molecule has 0 aliphatic rings. The molecule has 1 aromatic rings. The van der Waals surface area contributed by atoms with E-state index in [1.165, 1.54) is 6.07 Å². The summed E-state index contributed by atoms with van der Waals surface area (Å²) in [5.41, 5.74) is 1.72. The van der Waals surface area contributed by atoms with E-state index >= 15 is 0 Å². The predicted molar refractivity (Wildman–Crippen MR) is 59.6 cm³/mol. The number of alkyl halides is 4. The van der Waals surface area contributed by atoms with Gasteiger partial charge in [-0.3, -0.25) is 0 Å². The Hall–Kier alpha value is -0.550. The van der Waals surface area contributed by atoms with Crippen LogP contribution in [0.3, 0.4) is 0 Å². The van der Waals surface area contributed by atoms with Crippen LogP contribution in [0.1, 0.15) is 16.7 Å². The van der Waals surface area contributed by atoms with Crippen LogP contribution in [0.4, 0.5) is 13.2 Å². The fourth-order valence-electron chi connectivity index (χ4n) is 1.50. The SMILES string of the molecule is OCCc1cc(CBr)ccc1CC(F)(F)F. The molecule has 0 aromatic heterocycles. The Morgan fingerprint density at radius 3 is 2.38 bits per heavy atom. The van der Waals surface area contributed by atoms with Gasteiger partial charge in [0.15, 0.2) is 0 Å². The monoisotopic (exact) mass is 296 g/mol. The minimum Gasteiger partial charge on any atom is -0.396 e. The Labute approximate surface area is 100 Å². The van der Waals surface area contributed by atoms with Crippen molar-refractivity contribution < 1.29 is 18.3 Å². The Bertz CT molecular complexity index is 350. The molecule has 90 valence electrons. The molecule has 5 heteroatoms. The normalized spacial score (nSPS) is 11.8. The van der Waals surface area contributed by atoms with E-state index in [0.29, 0.717) is 10.9 Å². The van der Waals surface area contributed by atoms with E-state index in [0.717, 1.165) is 5.56 Å². The molecule has 0 aliphatic heterocycles. The first kappa shape index (κ1) is 13.5. The third kappa shape index (κ3) is 4.14. The summed E-state index contributed by atoms with van der Waals surface area (Å²) < 4.78 is 36.8. The smallest absolute Gasteiger partial charge is 0.393 e. The van der Waals surface area contributed by atoms with Crippen molar-refractivity contribution in [2.75, 3.05) is 6.61 Å². The lowest BCUT2D eigenvalue weighted by Gasteiger charge is -2.12. The number of aliphatic hydroxyl groups excluding tert-OH is 1. The van der Waals surface area contributed by atoms with E-state index in [1.807, 2.05) is 0 Å². The number of aliphatic hydroxyl groups is 1. The van der Waals surface area contributed by atoms with Gasteiger partial charge in [-0.05, 0) is 23.1 Å². The van der Waals surface area contributed by atoms with Gasteiger partial charge in [-0.1, -0.05) is 34.1 Å². The van der Waals surface area contributed by atoms with Crippen LogP contribution in [0.5, 0.6) is 0 Å². The molecule has 1 rings (SSSR count). The topological polar surface area (TPSA) is 20.2 Å². The number of benzene rings is 1. The minimum absolute atomic E-state index is 0.142. The van der Waals surface area contributed by atoms with Crippen molar-refractivity contribution >= 4 is 15.9 Å². The Morgan fingerprint density at radius 2 is 1.88 bits per heavy atom. The van der Waals surface area contributed by atoms with Crippen LogP contribution in [0, 0.1) is 0 Å². The van der Waals surface area contributed by atoms with Crippen LogP contribution in [0.25, 0.3) is 0 Å².